The lowest BCUT2D eigenvalue weighted by atomic mass is 9.93. The van der Waals surface area contributed by atoms with E-state index >= 15 is 0 Å². The van der Waals surface area contributed by atoms with Crippen LogP contribution in [0.3, 0.4) is 0 Å². The minimum Gasteiger partial charge on any atom is -0.478 e. The van der Waals surface area contributed by atoms with E-state index in [-0.39, 0.29) is 10.7 Å². The predicted octanol–water partition coefficient (Wildman–Crippen LogP) is 4.10. The molecule has 4 nitrogen and oxygen atoms in total. The van der Waals surface area contributed by atoms with Crippen LogP contribution in [-0.4, -0.2) is 26.1 Å². The molecule has 0 bridgehead atoms. The lowest BCUT2D eigenvalue weighted by Gasteiger charge is -2.21. The topological polar surface area (TPSA) is 60.4 Å². The fourth-order valence-corrected chi connectivity index (χ4v) is 4.31. The molecule has 0 N–H and O–H groups in total. The fraction of sp³-hybridized carbons (Fsp3) is 0.316. The number of hydrogen-bond acceptors (Lipinski definition) is 5. The first-order valence-electron chi connectivity index (χ1n) is 8.01. The van der Waals surface area contributed by atoms with E-state index in [1.54, 1.807) is 42.5 Å². The lowest BCUT2D eigenvalue weighted by molar-refractivity contribution is -0.126. The maximum atomic E-state index is 13.0. The highest BCUT2D eigenvalue weighted by Gasteiger charge is 2.45. The number of sulfone groups is 1. The SMILES string of the molecule is CCC1(C)OC(c2ccc(S(C)(=O)=O)cc2)=C(c2ccc(C)s2)C1=O. The summed E-state index contributed by atoms with van der Waals surface area (Å²) in [5.41, 5.74) is 0.395. The molecule has 0 saturated carbocycles. The van der Waals surface area contributed by atoms with E-state index in [9.17, 15) is 13.2 Å². The molecular formula is C19H20O4S2. The van der Waals surface area contributed by atoms with Crippen molar-refractivity contribution in [3.8, 4) is 0 Å². The van der Waals surface area contributed by atoms with Crippen LogP contribution in [0.2, 0.25) is 0 Å². The summed E-state index contributed by atoms with van der Waals surface area (Å²) in [4.78, 5) is 15.2. The van der Waals surface area contributed by atoms with Crippen LogP contribution in [0, 0.1) is 6.92 Å². The van der Waals surface area contributed by atoms with Crippen LogP contribution in [0.1, 0.15) is 35.6 Å². The summed E-state index contributed by atoms with van der Waals surface area (Å²) in [6.07, 6.45) is 1.73. The first kappa shape index (κ1) is 17.9. The minimum atomic E-state index is -3.27. The Morgan fingerprint density at radius 2 is 1.76 bits per heavy atom. The van der Waals surface area contributed by atoms with Crippen molar-refractivity contribution < 1.29 is 17.9 Å². The molecule has 1 atom stereocenters. The summed E-state index contributed by atoms with van der Waals surface area (Å²) in [5.74, 6) is 0.496. The van der Waals surface area contributed by atoms with E-state index < -0.39 is 15.4 Å². The zero-order valence-corrected chi connectivity index (χ0v) is 16.3. The molecule has 3 rings (SSSR count). The first-order chi connectivity index (χ1) is 11.7. The van der Waals surface area contributed by atoms with Crippen molar-refractivity contribution >= 4 is 38.3 Å². The third kappa shape index (κ3) is 3.16. The zero-order chi connectivity index (χ0) is 18.4. The minimum absolute atomic E-state index is 0.0287. The van der Waals surface area contributed by atoms with Crippen molar-refractivity contribution in [1.29, 1.82) is 0 Å². The molecule has 0 saturated heterocycles. The number of carbonyl (C=O) groups is 1. The van der Waals surface area contributed by atoms with Crippen LogP contribution in [0.25, 0.3) is 11.3 Å². The van der Waals surface area contributed by atoms with E-state index in [4.69, 9.17) is 4.74 Å². The van der Waals surface area contributed by atoms with Crippen LogP contribution in [0.15, 0.2) is 41.3 Å². The normalized spacial score (nSPS) is 20.9. The zero-order valence-electron chi connectivity index (χ0n) is 14.6. The van der Waals surface area contributed by atoms with Crippen molar-refractivity contribution in [2.75, 3.05) is 6.26 Å². The summed E-state index contributed by atoms with van der Waals surface area (Å²) in [7, 11) is -3.27. The van der Waals surface area contributed by atoms with E-state index in [0.717, 1.165) is 9.75 Å². The molecule has 0 spiro atoms. The van der Waals surface area contributed by atoms with Crippen LogP contribution in [0.5, 0.6) is 0 Å². The van der Waals surface area contributed by atoms with Crippen LogP contribution >= 0.6 is 11.3 Å². The molecule has 2 aromatic rings. The summed E-state index contributed by atoms with van der Waals surface area (Å²) >= 11 is 1.55. The van der Waals surface area contributed by atoms with Gasteiger partial charge in [-0.3, -0.25) is 4.79 Å². The van der Waals surface area contributed by atoms with Crippen LogP contribution < -0.4 is 0 Å². The van der Waals surface area contributed by atoms with Crippen molar-refractivity contribution in [1.82, 2.24) is 0 Å². The lowest BCUT2D eigenvalue weighted by Crippen LogP contribution is -2.32. The first-order valence-corrected chi connectivity index (χ1v) is 10.7. The second kappa shape index (κ2) is 6.11. The van der Waals surface area contributed by atoms with Crippen molar-refractivity contribution in [3.63, 3.8) is 0 Å². The summed E-state index contributed by atoms with van der Waals surface area (Å²) in [6, 6.07) is 10.4. The monoisotopic (exact) mass is 376 g/mol. The average Bonchev–Trinajstić information content (AvgIpc) is 3.09. The third-order valence-corrected chi connectivity index (χ3v) is 6.61. The van der Waals surface area contributed by atoms with Gasteiger partial charge in [0.1, 0.15) is 5.76 Å². The Hall–Kier alpha value is -1.92. The molecule has 1 aromatic heterocycles. The van der Waals surface area contributed by atoms with E-state index in [1.807, 2.05) is 26.0 Å². The summed E-state index contributed by atoms with van der Waals surface area (Å²) in [6.45, 7) is 5.72. The maximum absolute atomic E-state index is 13.0. The number of thiophene rings is 1. The summed E-state index contributed by atoms with van der Waals surface area (Å²) < 4.78 is 29.4. The molecular weight excluding hydrogens is 356 g/mol. The maximum Gasteiger partial charge on any atom is 0.211 e. The molecule has 132 valence electrons. The van der Waals surface area contributed by atoms with Gasteiger partial charge in [-0.15, -0.1) is 11.3 Å². The second-order valence-electron chi connectivity index (χ2n) is 6.43. The van der Waals surface area contributed by atoms with Gasteiger partial charge < -0.3 is 4.74 Å². The number of ether oxygens (including phenoxy) is 1. The van der Waals surface area contributed by atoms with Crippen molar-refractivity contribution in [2.24, 2.45) is 0 Å². The fourth-order valence-electron chi connectivity index (χ4n) is 2.77. The molecule has 1 aliphatic heterocycles. The van der Waals surface area contributed by atoms with Gasteiger partial charge in [-0.25, -0.2) is 8.42 Å². The van der Waals surface area contributed by atoms with Crippen molar-refractivity contribution in [2.45, 2.75) is 37.7 Å². The average molecular weight is 376 g/mol. The molecule has 0 aliphatic carbocycles. The van der Waals surface area contributed by atoms with Gasteiger partial charge in [0, 0.05) is 21.6 Å². The predicted molar refractivity (Wildman–Crippen MR) is 100 cm³/mol. The van der Waals surface area contributed by atoms with Gasteiger partial charge in [-0.2, -0.15) is 0 Å². The van der Waals surface area contributed by atoms with E-state index in [1.165, 1.54) is 6.26 Å². The van der Waals surface area contributed by atoms with E-state index in [2.05, 4.69) is 0 Å². The Balaban J connectivity index is 2.15. The molecule has 2 heterocycles. The number of Topliss-reactive ketones (excluding diaryl/α,β-unsaturated/α-hetero) is 1. The van der Waals surface area contributed by atoms with Crippen LogP contribution in [-0.2, 0) is 19.4 Å². The highest BCUT2D eigenvalue weighted by molar-refractivity contribution is 7.90. The molecule has 0 fully saturated rings. The van der Waals surface area contributed by atoms with Gasteiger partial charge >= 0.3 is 0 Å². The quantitative estimate of drug-likeness (QED) is 0.806. The Morgan fingerprint density at radius 3 is 2.24 bits per heavy atom. The molecule has 1 unspecified atom stereocenters. The third-order valence-electron chi connectivity index (χ3n) is 4.47. The molecule has 0 radical (unpaired) electrons. The Bertz CT molecular complexity index is 965. The molecule has 6 heteroatoms. The van der Waals surface area contributed by atoms with Gasteiger partial charge in [-0.1, -0.05) is 6.92 Å². The Morgan fingerprint density at radius 1 is 1.12 bits per heavy atom. The molecule has 25 heavy (non-hydrogen) atoms. The van der Waals surface area contributed by atoms with Crippen LogP contribution in [0.4, 0.5) is 0 Å². The molecule has 1 aliphatic rings. The number of ketones is 1. The molecule has 1 aromatic carbocycles. The number of hydrogen-bond donors (Lipinski definition) is 0. The largest absolute Gasteiger partial charge is 0.478 e. The van der Waals surface area contributed by atoms with E-state index in [0.29, 0.717) is 23.3 Å². The second-order valence-corrected chi connectivity index (χ2v) is 9.73. The summed E-state index contributed by atoms with van der Waals surface area (Å²) in [5, 5.41) is 0. The number of carbonyl (C=O) groups excluding carboxylic acids is 1. The number of benzene rings is 1. The smallest absolute Gasteiger partial charge is 0.211 e. The molecule has 0 amide bonds. The van der Waals surface area contributed by atoms with Crippen molar-refractivity contribution in [3.05, 3.63) is 51.7 Å². The highest BCUT2D eigenvalue weighted by Crippen LogP contribution is 2.44. The number of aryl methyl sites for hydroxylation is 1. The Kier molecular flexibility index (Phi) is 4.37. The van der Waals surface area contributed by atoms with Gasteiger partial charge in [0.25, 0.3) is 0 Å². The van der Waals surface area contributed by atoms with Gasteiger partial charge in [0.15, 0.2) is 15.4 Å². The van der Waals surface area contributed by atoms with Gasteiger partial charge in [-0.05, 0) is 56.7 Å². The number of rotatable bonds is 4. The Labute approximate surface area is 152 Å². The van der Waals surface area contributed by atoms with Gasteiger partial charge in [0.2, 0.25) is 5.78 Å². The highest BCUT2D eigenvalue weighted by atomic mass is 32.2. The van der Waals surface area contributed by atoms with Gasteiger partial charge in [0.05, 0.1) is 10.5 Å². The standard InChI is InChI=1S/C19H20O4S2/c1-5-19(3)18(20)16(15-11-6-12(2)24-15)17(23-19)13-7-9-14(10-8-13)25(4,21)22/h6-11H,5H2,1-4H3.